The number of fused-ring (bicyclic) bond motifs is 1. The number of aromatic amines is 1. The summed E-state index contributed by atoms with van der Waals surface area (Å²) in [5.41, 5.74) is -1.47. The van der Waals surface area contributed by atoms with Crippen LogP contribution in [0.4, 0.5) is 18.9 Å². The van der Waals surface area contributed by atoms with Gasteiger partial charge in [0.2, 0.25) is 0 Å². The number of non-ortho nitro benzene ring substituents is 1. The van der Waals surface area contributed by atoms with Crippen LogP contribution in [0, 0.1) is 10.1 Å². The topological polar surface area (TPSA) is 58.9 Å². The fraction of sp³-hybridized carbons (Fsp3) is 0.111. The Kier molecular flexibility index (Phi) is 2.11. The lowest BCUT2D eigenvalue weighted by Gasteiger charge is -2.00. The Bertz CT molecular complexity index is 559. The highest BCUT2D eigenvalue weighted by Crippen LogP contribution is 2.33. The molecule has 1 aromatic heterocycles. The third kappa shape index (κ3) is 1.60. The minimum atomic E-state index is -4.53. The number of nitro groups is 1. The van der Waals surface area contributed by atoms with Crippen LogP contribution in [-0.4, -0.2) is 9.91 Å². The van der Waals surface area contributed by atoms with E-state index in [0.717, 1.165) is 12.1 Å². The number of rotatable bonds is 1. The van der Waals surface area contributed by atoms with Gasteiger partial charge in [-0.1, -0.05) is 12.1 Å². The summed E-state index contributed by atoms with van der Waals surface area (Å²) >= 11 is 0. The van der Waals surface area contributed by atoms with Crippen LogP contribution in [0.5, 0.6) is 0 Å². The van der Waals surface area contributed by atoms with Crippen LogP contribution < -0.4 is 0 Å². The van der Waals surface area contributed by atoms with Gasteiger partial charge in [-0.15, -0.1) is 0 Å². The molecule has 0 aliphatic carbocycles. The Labute approximate surface area is 86.8 Å². The van der Waals surface area contributed by atoms with Gasteiger partial charge in [0.15, 0.2) is 0 Å². The smallest absolute Gasteiger partial charge is 0.345 e. The maximum atomic E-state index is 12.4. The molecule has 0 fully saturated rings. The molecular weight excluding hydrogens is 225 g/mol. The summed E-state index contributed by atoms with van der Waals surface area (Å²) in [5.74, 6) is 0. The van der Waals surface area contributed by atoms with Crippen LogP contribution in [-0.2, 0) is 6.18 Å². The number of alkyl halides is 3. The summed E-state index contributed by atoms with van der Waals surface area (Å²) in [6.45, 7) is 0. The fourth-order valence-electron chi connectivity index (χ4n) is 1.45. The molecule has 0 saturated heterocycles. The summed E-state index contributed by atoms with van der Waals surface area (Å²) in [5, 5.41) is 10.7. The zero-order valence-corrected chi connectivity index (χ0v) is 7.71. The van der Waals surface area contributed by atoms with E-state index in [1.54, 1.807) is 0 Å². The van der Waals surface area contributed by atoms with Crippen LogP contribution in [0.3, 0.4) is 0 Å². The minimum absolute atomic E-state index is 0.111. The third-order valence-electron chi connectivity index (χ3n) is 2.14. The largest absolute Gasteiger partial charge is 0.431 e. The Balaban J connectivity index is 2.71. The van der Waals surface area contributed by atoms with Gasteiger partial charge in [-0.3, -0.25) is 10.1 Å². The molecule has 0 radical (unpaired) electrons. The van der Waals surface area contributed by atoms with E-state index in [0.29, 0.717) is 0 Å². The van der Waals surface area contributed by atoms with Crippen molar-refractivity contribution in [1.82, 2.24) is 4.98 Å². The highest BCUT2D eigenvalue weighted by molar-refractivity contribution is 5.88. The van der Waals surface area contributed by atoms with Gasteiger partial charge in [-0.05, 0) is 6.07 Å². The molecule has 0 saturated carbocycles. The lowest BCUT2D eigenvalue weighted by molar-refractivity contribution is -0.383. The summed E-state index contributed by atoms with van der Waals surface area (Å²) in [6, 6.07) is 4.73. The number of nitrogens with zero attached hydrogens (tertiary/aromatic N) is 1. The van der Waals surface area contributed by atoms with Crippen molar-refractivity contribution in [1.29, 1.82) is 0 Å². The van der Waals surface area contributed by atoms with E-state index in [-0.39, 0.29) is 16.6 Å². The monoisotopic (exact) mass is 230 g/mol. The normalized spacial score (nSPS) is 11.9. The maximum Gasteiger partial charge on any atom is 0.431 e. The van der Waals surface area contributed by atoms with Gasteiger partial charge in [0.1, 0.15) is 11.2 Å². The second-order valence-electron chi connectivity index (χ2n) is 3.18. The predicted octanol–water partition coefficient (Wildman–Crippen LogP) is 3.09. The van der Waals surface area contributed by atoms with Crippen molar-refractivity contribution < 1.29 is 18.1 Å². The average molecular weight is 230 g/mol. The van der Waals surface area contributed by atoms with Crippen LogP contribution in [0.1, 0.15) is 5.69 Å². The number of halogens is 3. The summed E-state index contributed by atoms with van der Waals surface area (Å²) in [7, 11) is 0. The van der Waals surface area contributed by atoms with Gasteiger partial charge in [0.25, 0.3) is 5.69 Å². The Morgan fingerprint density at radius 3 is 2.56 bits per heavy atom. The number of benzene rings is 1. The molecule has 0 aliphatic rings. The van der Waals surface area contributed by atoms with E-state index in [1.807, 2.05) is 4.98 Å². The standard InChI is InChI=1S/C9H5F3N2O2/c10-9(11,12)7-4-5-2-1-3-6(14(15)16)8(5)13-7/h1-4,13H. The molecule has 7 heteroatoms. The van der Waals surface area contributed by atoms with Gasteiger partial charge in [0.05, 0.1) is 4.92 Å². The molecule has 2 aromatic rings. The van der Waals surface area contributed by atoms with Crippen LogP contribution in [0.15, 0.2) is 24.3 Å². The SMILES string of the molecule is O=[N+]([O-])c1cccc2cc(C(F)(F)F)[nH]c12. The number of nitrogens with one attached hydrogen (secondary N) is 1. The Hall–Kier alpha value is -2.05. The molecule has 0 aliphatic heterocycles. The quantitative estimate of drug-likeness (QED) is 0.604. The molecular formula is C9H5F3N2O2. The molecule has 1 heterocycles. The average Bonchev–Trinajstić information content (AvgIpc) is 2.59. The van der Waals surface area contributed by atoms with Crippen LogP contribution in [0.25, 0.3) is 10.9 Å². The number of H-pyrrole nitrogens is 1. The van der Waals surface area contributed by atoms with Crippen molar-refractivity contribution in [3.63, 3.8) is 0 Å². The van der Waals surface area contributed by atoms with Gasteiger partial charge in [-0.2, -0.15) is 13.2 Å². The van der Waals surface area contributed by atoms with Gasteiger partial charge in [-0.25, -0.2) is 0 Å². The van der Waals surface area contributed by atoms with Crippen molar-refractivity contribution >= 4 is 16.6 Å². The first-order valence-corrected chi connectivity index (χ1v) is 4.23. The number of hydrogen-bond acceptors (Lipinski definition) is 2. The number of nitro benzene ring substituents is 1. The molecule has 2 rings (SSSR count). The highest BCUT2D eigenvalue weighted by atomic mass is 19.4. The summed E-state index contributed by atoms with van der Waals surface area (Å²) in [4.78, 5) is 11.9. The maximum absolute atomic E-state index is 12.4. The van der Waals surface area contributed by atoms with Crippen LogP contribution >= 0.6 is 0 Å². The molecule has 1 aromatic carbocycles. The lowest BCUT2D eigenvalue weighted by atomic mass is 10.2. The molecule has 4 nitrogen and oxygen atoms in total. The third-order valence-corrected chi connectivity index (χ3v) is 2.14. The first-order chi connectivity index (χ1) is 7.39. The second kappa shape index (κ2) is 3.22. The zero-order valence-electron chi connectivity index (χ0n) is 7.71. The van der Waals surface area contributed by atoms with Crippen LogP contribution in [0.2, 0.25) is 0 Å². The van der Waals surface area contributed by atoms with E-state index in [2.05, 4.69) is 0 Å². The highest BCUT2D eigenvalue weighted by Gasteiger charge is 2.33. The molecule has 0 atom stereocenters. The first-order valence-electron chi connectivity index (χ1n) is 4.23. The van der Waals surface area contributed by atoms with Crippen molar-refractivity contribution in [3.05, 3.63) is 40.1 Å². The Morgan fingerprint density at radius 2 is 2.00 bits per heavy atom. The number of para-hydroxylation sites is 1. The summed E-state index contributed by atoms with van der Waals surface area (Å²) in [6.07, 6.45) is -4.53. The fourth-order valence-corrected chi connectivity index (χ4v) is 1.45. The summed E-state index contributed by atoms with van der Waals surface area (Å²) < 4.78 is 37.1. The number of aromatic nitrogens is 1. The van der Waals surface area contributed by atoms with Crippen molar-refractivity contribution in [2.75, 3.05) is 0 Å². The molecule has 0 unspecified atom stereocenters. The van der Waals surface area contributed by atoms with E-state index in [4.69, 9.17) is 0 Å². The van der Waals surface area contributed by atoms with E-state index >= 15 is 0 Å². The molecule has 0 bridgehead atoms. The molecule has 0 spiro atoms. The molecule has 84 valence electrons. The van der Waals surface area contributed by atoms with Gasteiger partial charge < -0.3 is 4.98 Å². The van der Waals surface area contributed by atoms with Crippen molar-refractivity contribution in [3.8, 4) is 0 Å². The van der Waals surface area contributed by atoms with Crippen molar-refractivity contribution in [2.24, 2.45) is 0 Å². The van der Waals surface area contributed by atoms with E-state index in [1.165, 1.54) is 12.1 Å². The zero-order chi connectivity index (χ0) is 11.9. The van der Waals surface area contributed by atoms with E-state index in [9.17, 15) is 23.3 Å². The lowest BCUT2D eigenvalue weighted by Crippen LogP contribution is -2.04. The molecule has 1 N–H and O–H groups in total. The van der Waals surface area contributed by atoms with E-state index < -0.39 is 16.8 Å². The molecule has 0 amide bonds. The molecule has 16 heavy (non-hydrogen) atoms. The van der Waals surface area contributed by atoms with Gasteiger partial charge >= 0.3 is 6.18 Å². The van der Waals surface area contributed by atoms with Crippen molar-refractivity contribution in [2.45, 2.75) is 6.18 Å². The predicted molar refractivity (Wildman–Crippen MR) is 50.0 cm³/mol. The minimum Gasteiger partial charge on any atom is -0.345 e. The first kappa shape index (κ1) is 10.5. The Morgan fingerprint density at radius 1 is 1.31 bits per heavy atom. The second-order valence-corrected chi connectivity index (χ2v) is 3.18. The number of hydrogen-bond donors (Lipinski definition) is 1. The van der Waals surface area contributed by atoms with Gasteiger partial charge in [0, 0.05) is 11.5 Å².